The molecule has 0 aliphatic carbocycles. The minimum absolute atomic E-state index is 0.00609. The number of nitrogens with two attached hydrogens (primary N) is 1. The molecule has 3 rings (SSSR count). The predicted octanol–water partition coefficient (Wildman–Crippen LogP) is 4.06. The van der Waals surface area contributed by atoms with Crippen LogP contribution in [-0.2, 0) is 27.5 Å². The molecule has 174 valence electrons. The maximum absolute atomic E-state index is 13.1. The van der Waals surface area contributed by atoms with Crippen LogP contribution in [0.5, 0.6) is 0 Å². The first kappa shape index (κ1) is 24.1. The van der Waals surface area contributed by atoms with E-state index in [1.807, 2.05) is 6.07 Å². The first-order valence-electron chi connectivity index (χ1n) is 9.47. The maximum atomic E-state index is 13.1. The summed E-state index contributed by atoms with van der Waals surface area (Å²) in [5, 5.41) is 6.09. The van der Waals surface area contributed by atoms with Gasteiger partial charge in [-0.25, -0.2) is 9.59 Å². The van der Waals surface area contributed by atoms with Crippen molar-refractivity contribution in [1.82, 2.24) is 9.88 Å². The summed E-state index contributed by atoms with van der Waals surface area (Å²) >= 11 is 3.28. The summed E-state index contributed by atoms with van der Waals surface area (Å²) in [6.45, 7) is -1.89. The van der Waals surface area contributed by atoms with Crippen molar-refractivity contribution >= 4 is 44.7 Å². The van der Waals surface area contributed by atoms with Gasteiger partial charge in [-0.15, -0.1) is 0 Å². The first-order valence-corrected chi connectivity index (χ1v) is 10.3. The molecule has 0 spiro atoms. The van der Waals surface area contributed by atoms with E-state index in [4.69, 9.17) is 10.5 Å². The lowest BCUT2D eigenvalue weighted by molar-refractivity contribution is -0.143. The van der Waals surface area contributed by atoms with E-state index in [0.717, 1.165) is 10.1 Å². The normalized spacial score (nSPS) is 11.9. The molecule has 0 aliphatic heterocycles. The largest absolute Gasteiger partial charge is 0.445 e. The number of alkyl halides is 3. The lowest BCUT2D eigenvalue weighted by Crippen LogP contribution is -2.31. The van der Waals surface area contributed by atoms with Crippen LogP contribution in [0.3, 0.4) is 0 Å². The SMILES string of the molecule is NC(=NOC(=O)CNC(=O)OCc1ccccc1)c1cc2c(Br)cccc2n1CC(F)(F)F. The van der Waals surface area contributed by atoms with Gasteiger partial charge >= 0.3 is 18.2 Å². The maximum Gasteiger partial charge on any atom is 0.407 e. The highest BCUT2D eigenvalue weighted by molar-refractivity contribution is 9.10. The average Bonchev–Trinajstić information content (AvgIpc) is 3.13. The van der Waals surface area contributed by atoms with Crippen molar-refractivity contribution in [2.24, 2.45) is 10.9 Å². The van der Waals surface area contributed by atoms with Gasteiger partial charge in [-0.2, -0.15) is 13.2 Å². The van der Waals surface area contributed by atoms with Crippen LogP contribution in [0.1, 0.15) is 11.3 Å². The molecule has 1 amide bonds. The van der Waals surface area contributed by atoms with E-state index in [2.05, 4.69) is 31.2 Å². The second-order valence-corrected chi connectivity index (χ2v) is 7.61. The minimum atomic E-state index is -4.52. The number of carbonyl (C=O) groups is 2. The molecular formula is C21H18BrF3N4O4. The van der Waals surface area contributed by atoms with Crippen molar-refractivity contribution in [3.63, 3.8) is 0 Å². The number of benzene rings is 2. The second-order valence-electron chi connectivity index (χ2n) is 6.76. The average molecular weight is 527 g/mol. The smallest absolute Gasteiger partial charge is 0.407 e. The van der Waals surface area contributed by atoms with E-state index in [0.29, 0.717) is 9.86 Å². The molecule has 33 heavy (non-hydrogen) atoms. The van der Waals surface area contributed by atoms with Crippen molar-refractivity contribution < 1.29 is 32.3 Å². The van der Waals surface area contributed by atoms with Gasteiger partial charge in [0.2, 0.25) is 0 Å². The molecule has 1 heterocycles. The van der Waals surface area contributed by atoms with Crippen LogP contribution < -0.4 is 11.1 Å². The number of fused-ring (bicyclic) bond motifs is 1. The molecule has 0 radical (unpaired) electrons. The number of aromatic nitrogens is 1. The molecule has 3 aromatic rings. The van der Waals surface area contributed by atoms with Crippen LogP contribution >= 0.6 is 15.9 Å². The number of hydrogen-bond acceptors (Lipinski definition) is 5. The van der Waals surface area contributed by atoms with Crippen LogP contribution in [0.25, 0.3) is 10.9 Å². The van der Waals surface area contributed by atoms with Gasteiger partial charge in [-0.3, -0.25) is 0 Å². The number of amidine groups is 1. The molecule has 0 aliphatic rings. The lowest BCUT2D eigenvalue weighted by atomic mass is 10.2. The molecule has 0 unspecified atom stereocenters. The summed E-state index contributed by atoms with van der Waals surface area (Å²) in [6.07, 6.45) is -5.38. The van der Waals surface area contributed by atoms with Crippen molar-refractivity contribution in [2.45, 2.75) is 19.3 Å². The van der Waals surface area contributed by atoms with Gasteiger partial charge in [-0.05, 0) is 23.8 Å². The fourth-order valence-corrected chi connectivity index (χ4v) is 3.38. The first-order chi connectivity index (χ1) is 15.6. The van der Waals surface area contributed by atoms with Gasteiger partial charge in [0.15, 0.2) is 5.84 Å². The fraction of sp³-hybridized carbons (Fsp3) is 0.190. The highest BCUT2D eigenvalue weighted by Crippen LogP contribution is 2.30. The summed E-state index contributed by atoms with van der Waals surface area (Å²) in [5.41, 5.74) is 6.74. The van der Waals surface area contributed by atoms with Crippen LogP contribution in [0, 0.1) is 0 Å². The van der Waals surface area contributed by atoms with Crippen molar-refractivity contribution in [3.05, 3.63) is 70.3 Å². The summed E-state index contributed by atoms with van der Waals surface area (Å²) in [5.74, 6) is -1.43. The molecule has 8 nitrogen and oxygen atoms in total. The predicted molar refractivity (Wildman–Crippen MR) is 117 cm³/mol. The Balaban J connectivity index is 1.63. The molecule has 0 saturated carbocycles. The third-order valence-corrected chi connectivity index (χ3v) is 5.02. The van der Waals surface area contributed by atoms with E-state index in [-0.39, 0.29) is 17.8 Å². The fourth-order valence-electron chi connectivity index (χ4n) is 2.91. The van der Waals surface area contributed by atoms with Gasteiger partial charge in [0.25, 0.3) is 0 Å². The zero-order valence-electron chi connectivity index (χ0n) is 16.9. The molecule has 12 heteroatoms. The molecule has 1 aromatic heterocycles. The van der Waals surface area contributed by atoms with E-state index < -0.39 is 37.2 Å². The van der Waals surface area contributed by atoms with Gasteiger partial charge in [0.1, 0.15) is 19.7 Å². The van der Waals surface area contributed by atoms with E-state index in [1.54, 1.807) is 36.4 Å². The van der Waals surface area contributed by atoms with Gasteiger partial charge in [0, 0.05) is 9.86 Å². The number of halogens is 4. The molecular weight excluding hydrogens is 509 g/mol. The minimum Gasteiger partial charge on any atom is -0.445 e. The topological polar surface area (TPSA) is 108 Å². The number of hydrogen-bond donors (Lipinski definition) is 2. The van der Waals surface area contributed by atoms with Gasteiger partial charge < -0.3 is 25.2 Å². The quantitative estimate of drug-likeness (QED) is 0.209. The highest BCUT2D eigenvalue weighted by atomic mass is 79.9. The zero-order chi connectivity index (χ0) is 24.0. The molecule has 0 atom stereocenters. The third kappa shape index (κ3) is 6.72. The molecule has 2 aromatic carbocycles. The molecule has 0 fully saturated rings. The standard InChI is InChI=1S/C21H18BrF3N4O4/c22-15-7-4-8-16-14(15)9-17(29(16)12-21(23,24)25)19(26)28-33-18(30)10-27-20(31)32-11-13-5-2-1-3-6-13/h1-9H,10-12H2,(H2,26,28)(H,27,31). The Morgan fingerprint density at radius 2 is 1.85 bits per heavy atom. The van der Waals surface area contributed by atoms with Crippen LogP contribution in [0.4, 0.5) is 18.0 Å². The van der Waals surface area contributed by atoms with Gasteiger partial charge in [0.05, 0.1) is 11.2 Å². The number of alkyl carbamates (subject to hydrolysis) is 1. The van der Waals surface area contributed by atoms with Crippen LogP contribution in [0.15, 0.2) is 64.2 Å². The molecule has 3 N–H and O–H groups in total. The summed E-state index contributed by atoms with van der Waals surface area (Å²) < 4.78 is 45.7. The van der Waals surface area contributed by atoms with Gasteiger partial charge in [-0.1, -0.05) is 57.5 Å². The Morgan fingerprint density at radius 3 is 2.55 bits per heavy atom. The second kappa shape index (κ2) is 10.4. The zero-order valence-corrected chi connectivity index (χ0v) is 18.5. The highest BCUT2D eigenvalue weighted by Gasteiger charge is 2.30. The summed E-state index contributed by atoms with van der Waals surface area (Å²) in [6, 6.07) is 15.0. The Bertz CT molecular complexity index is 1180. The summed E-state index contributed by atoms with van der Waals surface area (Å²) in [7, 11) is 0. The summed E-state index contributed by atoms with van der Waals surface area (Å²) in [4.78, 5) is 28.2. The van der Waals surface area contributed by atoms with E-state index in [9.17, 15) is 22.8 Å². The van der Waals surface area contributed by atoms with Crippen molar-refractivity contribution in [1.29, 1.82) is 0 Å². The van der Waals surface area contributed by atoms with Crippen LogP contribution in [-0.4, -0.2) is 35.2 Å². The Labute approximate surface area is 194 Å². The van der Waals surface area contributed by atoms with Crippen LogP contribution in [0.2, 0.25) is 0 Å². The molecule has 0 bridgehead atoms. The number of carbonyl (C=O) groups excluding carboxylic acids is 2. The van der Waals surface area contributed by atoms with Crippen molar-refractivity contribution in [3.8, 4) is 0 Å². The number of amides is 1. The van der Waals surface area contributed by atoms with Crippen molar-refractivity contribution in [2.75, 3.05) is 6.54 Å². The third-order valence-electron chi connectivity index (χ3n) is 4.33. The Hall–Kier alpha value is -3.54. The number of rotatable bonds is 7. The molecule has 0 saturated heterocycles. The number of nitrogens with zero attached hydrogens (tertiary/aromatic N) is 2. The van der Waals surface area contributed by atoms with E-state index >= 15 is 0 Å². The Morgan fingerprint density at radius 1 is 1.12 bits per heavy atom. The number of ether oxygens (including phenoxy) is 1. The lowest BCUT2D eigenvalue weighted by Gasteiger charge is -2.13. The monoisotopic (exact) mass is 526 g/mol. The number of oxime groups is 1. The van der Waals surface area contributed by atoms with E-state index in [1.165, 1.54) is 12.1 Å². The number of nitrogens with one attached hydrogen (secondary N) is 1. The Kier molecular flexibility index (Phi) is 7.59.